The average Bonchev–Trinajstić information content (AvgIpc) is 3.13. The molecular weight excluding hydrogens is 356 g/mol. The topological polar surface area (TPSA) is 78.9 Å². The van der Waals surface area contributed by atoms with E-state index in [1.54, 1.807) is 37.5 Å². The van der Waals surface area contributed by atoms with Gasteiger partial charge in [-0.1, -0.05) is 36.4 Å². The second-order valence-corrected chi connectivity index (χ2v) is 8.26. The first kappa shape index (κ1) is 19.0. The van der Waals surface area contributed by atoms with Gasteiger partial charge in [0.2, 0.25) is 0 Å². The molecule has 3 rings (SSSR count). The molecule has 1 aliphatic heterocycles. The van der Waals surface area contributed by atoms with Gasteiger partial charge in [0.1, 0.15) is 5.75 Å². The Morgan fingerprint density at radius 1 is 1.27 bits per heavy atom. The van der Waals surface area contributed by atoms with Crippen LogP contribution in [0.5, 0.6) is 0 Å². The van der Waals surface area contributed by atoms with E-state index in [2.05, 4.69) is 0 Å². The second-order valence-electron chi connectivity index (χ2n) is 6.27. The van der Waals surface area contributed by atoms with Crippen LogP contribution in [0.15, 0.2) is 59.0 Å². The molecule has 1 unspecified atom stereocenters. The molecule has 0 saturated carbocycles. The molecular formula is C19H22O6S. The fraction of sp³-hybridized carbons (Fsp3) is 0.421. The van der Waals surface area contributed by atoms with Crippen LogP contribution in [-0.4, -0.2) is 52.7 Å². The van der Waals surface area contributed by atoms with E-state index >= 15 is 0 Å². The number of benzene rings is 1. The van der Waals surface area contributed by atoms with Crippen LogP contribution in [-0.2, 0) is 28.8 Å². The molecule has 0 radical (unpaired) electrons. The van der Waals surface area contributed by atoms with Crippen LogP contribution >= 0.6 is 0 Å². The fourth-order valence-electron chi connectivity index (χ4n) is 3.09. The van der Waals surface area contributed by atoms with Crippen LogP contribution in [0.3, 0.4) is 0 Å². The summed E-state index contributed by atoms with van der Waals surface area (Å²) in [5.41, 5.74) is 0.396. The number of methoxy groups -OCH3 is 1. The van der Waals surface area contributed by atoms with E-state index < -0.39 is 33.6 Å². The van der Waals surface area contributed by atoms with E-state index in [0.717, 1.165) is 6.42 Å². The van der Waals surface area contributed by atoms with Crippen LogP contribution in [0, 0.1) is 5.92 Å². The van der Waals surface area contributed by atoms with Crippen molar-refractivity contribution in [1.29, 1.82) is 0 Å². The standard InChI is InChI=1S/C19H22O6S/c1-23-12-14-10-11-24-19(25-14)17-9-5-8-16(17)18(20)13-26(21,22)15-6-3-2-4-7-15/h2-9,14,17,19H,10-13H2,1H3/t14-,17?,19-/m0/s1. The predicted molar refractivity (Wildman–Crippen MR) is 95.3 cm³/mol. The number of hydrogen-bond donors (Lipinski definition) is 0. The van der Waals surface area contributed by atoms with Gasteiger partial charge in [-0.15, -0.1) is 0 Å². The minimum Gasteiger partial charge on any atom is -0.382 e. The summed E-state index contributed by atoms with van der Waals surface area (Å²) in [6, 6.07) is 7.98. The lowest BCUT2D eigenvalue weighted by Crippen LogP contribution is -2.40. The second kappa shape index (κ2) is 8.26. The SMILES string of the molecule is COC[C@@H]1CCO[C@H](C2C=CC=C2C(=O)CS(=O)(=O)c2ccccc2)O1. The zero-order chi connectivity index (χ0) is 18.6. The Morgan fingerprint density at radius 3 is 2.77 bits per heavy atom. The monoisotopic (exact) mass is 378 g/mol. The van der Waals surface area contributed by atoms with Crippen LogP contribution in [0.25, 0.3) is 0 Å². The van der Waals surface area contributed by atoms with E-state index in [9.17, 15) is 13.2 Å². The van der Waals surface area contributed by atoms with Crippen molar-refractivity contribution >= 4 is 15.6 Å². The van der Waals surface area contributed by atoms with E-state index in [1.165, 1.54) is 12.1 Å². The van der Waals surface area contributed by atoms with Crippen LogP contribution in [0.4, 0.5) is 0 Å². The van der Waals surface area contributed by atoms with Crippen molar-refractivity contribution in [2.75, 3.05) is 26.1 Å². The Hall–Kier alpha value is -1.80. The summed E-state index contributed by atoms with van der Waals surface area (Å²) in [6.45, 7) is 0.957. The lowest BCUT2D eigenvalue weighted by Gasteiger charge is -2.33. The van der Waals surface area contributed by atoms with Crippen LogP contribution in [0.1, 0.15) is 6.42 Å². The zero-order valence-corrected chi connectivity index (χ0v) is 15.4. The number of allylic oxidation sites excluding steroid dienone is 2. The Morgan fingerprint density at radius 2 is 2.04 bits per heavy atom. The first-order chi connectivity index (χ1) is 12.5. The number of hydrogen-bond acceptors (Lipinski definition) is 6. The summed E-state index contributed by atoms with van der Waals surface area (Å²) in [6.07, 6.45) is 5.19. The van der Waals surface area contributed by atoms with Gasteiger partial charge in [0.05, 0.1) is 30.1 Å². The number of sulfone groups is 1. The summed E-state index contributed by atoms with van der Waals surface area (Å²) in [7, 11) is -2.09. The quantitative estimate of drug-likeness (QED) is 0.721. The molecule has 1 heterocycles. The van der Waals surface area contributed by atoms with Gasteiger partial charge in [-0.05, 0) is 18.6 Å². The van der Waals surface area contributed by atoms with Gasteiger partial charge in [-0.25, -0.2) is 8.42 Å². The molecule has 140 valence electrons. The molecule has 1 aliphatic carbocycles. The Kier molecular flexibility index (Phi) is 6.03. The third-order valence-corrected chi connectivity index (χ3v) is 6.03. The van der Waals surface area contributed by atoms with E-state index in [-0.39, 0.29) is 11.0 Å². The van der Waals surface area contributed by atoms with Gasteiger partial charge in [0, 0.05) is 12.7 Å². The van der Waals surface area contributed by atoms with Crippen molar-refractivity contribution < 1.29 is 27.4 Å². The highest BCUT2D eigenvalue weighted by Crippen LogP contribution is 2.30. The summed E-state index contributed by atoms with van der Waals surface area (Å²) in [5.74, 6) is -1.42. The number of ketones is 1. The first-order valence-corrected chi connectivity index (χ1v) is 10.1. The maximum atomic E-state index is 12.7. The summed E-state index contributed by atoms with van der Waals surface area (Å²) < 4.78 is 41.6. The van der Waals surface area contributed by atoms with Gasteiger partial charge in [-0.2, -0.15) is 0 Å². The van der Waals surface area contributed by atoms with Crippen molar-refractivity contribution in [3.05, 3.63) is 54.1 Å². The predicted octanol–water partition coefficient (Wildman–Crippen LogP) is 1.92. The molecule has 1 aromatic rings. The van der Waals surface area contributed by atoms with Gasteiger partial charge >= 0.3 is 0 Å². The maximum absolute atomic E-state index is 12.7. The molecule has 1 aromatic carbocycles. The molecule has 0 spiro atoms. The number of carbonyl (C=O) groups is 1. The number of carbonyl (C=O) groups excluding carboxylic acids is 1. The van der Waals surface area contributed by atoms with Crippen molar-refractivity contribution in [2.24, 2.45) is 5.92 Å². The molecule has 1 saturated heterocycles. The smallest absolute Gasteiger partial charge is 0.185 e. The molecule has 3 atom stereocenters. The average molecular weight is 378 g/mol. The lowest BCUT2D eigenvalue weighted by molar-refractivity contribution is -0.231. The minimum absolute atomic E-state index is 0.0999. The van der Waals surface area contributed by atoms with Crippen molar-refractivity contribution in [3.8, 4) is 0 Å². The molecule has 26 heavy (non-hydrogen) atoms. The van der Waals surface area contributed by atoms with Gasteiger partial charge in [0.15, 0.2) is 21.9 Å². The molecule has 2 aliphatic rings. The number of Topliss-reactive ketones (excluding diaryl/α,β-unsaturated/α-hetero) is 1. The van der Waals surface area contributed by atoms with E-state index in [1.807, 2.05) is 6.08 Å². The summed E-state index contributed by atoms with van der Waals surface area (Å²) >= 11 is 0. The van der Waals surface area contributed by atoms with Crippen molar-refractivity contribution in [3.63, 3.8) is 0 Å². The highest BCUT2D eigenvalue weighted by atomic mass is 32.2. The van der Waals surface area contributed by atoms with Gasteiger partial charge in [0.25, 0.3) is 0 Å². The Labute approximate surface area is 153 Å². The van der Waals surface area contributed by atoms with Crippen molar-refractivity contribution in [1.82, 2.24) is 0 Å². The normalized spacial score (nSPS) is 25.9. The first-order valence-electron chi connectivity index (χ1n) is 8.46. The highest BCUT2D eigenvalue weighted by molar-refractivity contribution is 7.92. The molecule has 0 N–H and O–H groups in total. The van der Waals surface area contributed by atoms with Crippen LogP contribution in [0.2, 0.25) is 0 Å². The third kappa shape index (κ3) is 4.29. The molecule has 0 bridgehead atoms. The summed E-state index contributed by atoms with van der Waals surface area (Å²) in [5, 5.41) is 0. The molecule has 1 fully saturated rings. The Bertz CT molecular complexity index is 795. The van der Waals surface area contributed by atoms with Gasteiger partial charge < -0.3 is 14.2 Å². The highest BCUT2D eigenvalue weighted by Gasteiger charge is 2.36. The minimum atomic E-state index is -3.69. The van der Waals surface area contributed by atoms with Crippen LogP contribution < -0.4 is 0 Å². The largest absolute Gasteiger partial charge is 0.382 e. The van der Waals surface area contributed by atoms with E-state index in [4.69, 9.17) is 14.2 Å². The Balaban J connectivity index is 1.69. The maximum Gasteiger partial charge on any atom is 0.185 e. The molecule has 7 heteroatoms. The molecule has 0 amide bonds. The summed E-state index contributed by atoms with van der Waals surface area (Å²) in [4.78, 5) is 12.8. The number of rotatable bonds is 7. The fourth-order valence-corrected chi connectivity index (χ4v) is 4.34. The molecule has 6 nitrogen and oxygen atoms in total. The number of ether oxygens (including phenoxy) is 3. The van der Waals surface area contributed by atoms with Crippen molar-refractivity contribution in [2.45, 2.75) is 23.7 Å². The lowest BCUT2D eigenvalue weighted by atomic mass is 9.98. The molecule has 0 aromatic heterocycles. The van der Waals surface area contributed by atoms with E-state index in [0.29, 0.717) is 18.8 Å². The third-order valence-electron chi connectivity index (χ3n) is 4.39. The zero-order valence-electron chi connectivity index (χ0n) is 14.5. The van der Waals surface area contributed by atoms with Gasteiger partial charge in [-0.3, -0.25) is 4.79 Å².